The molecule has 11 heavy (non-hydrogen) atoms. The maximum absolute atomic E-state index is 9.09. The predicted octanol–water partition coefficient (Wildman–Crippen LogP) is 1.71. The van der Waals surface area contributed by atoms with Gasteiger partial charge in [-0.1, -0.05) is 12.1 Å². The van der Waals surface area contributed by atoms with E-state index in [4.69, 9.17) is 10.8 Å². The van der Waals surface area contributed by atoms with Crippen LogP contribution in [0.3, 0.4) is 0 Å². The van der Waals surface area contributed by atoms with Crippen molar-refractivity contribution in [1.29, 1.82) is 0 Å². The summed E-state index contributed by atoms with van der Waals surface area (Å²) in [4.78, 5) is 0. The first-order valence-electron chi connectivity index (χ1n) is 3.31. The van der Waals surface area contributed by atoms with Crippen LogP contribution in [0, 0.1) is 0 Å². The smallest absolute Gasteiger partial charge is 0.115 e. The van der Waals surface area contributed by atoms with Gasteiger partial charge in [0.05, 0.1) is 5.37 Å². The lowest BCUT2D eigenvalue weighted by Crippen LogP contribution is -2.04. The van der Waals surface area contributed by atoms with Crippen molar-refractivity contribution in [2.75, 3.05) is 6.26 Å². The summed E-state index contributed by atoms with van der Waals surface area (Å²) in [5, 5.41) is 9.05. The molecule has 3 heteroatoms. The van der Waals surface area contributed by atoms with Crippen molar-refractivity contribution in [3.63, 3.8) is 0 Å². The minimum atomic E-state index is -0.0397. The first-order chi connectivity index (χ1) is 5.24. The summed E-state index contributed by atoms with van der Waals surface area (Å²) in [6, 6.07) is 7.01. The van der Waals surface area contributed by atoms with Crippen LogP contribution in [-0.4, -0.2) is 11.4 Å². The van der Waals surface area contributed by atoms with Crippen molar-refractivity contribution in [3.8, 4) is 5.75 Å². The quantitative estimate of drug-likeness (QED) is 0.662. The second-order valence-electron chi connectivity index (χ2n) is 2.25. The lowest BCUT2D eigenvalue weighted by molar-refractivity contribution is 0.474. The fraction of sp³-hybridized carbons (Fsp3) is 0.250. The SMILES string of the molecule is CSC(N)c1cccc(O)c1. The summed E-state index contributed by atoms with van der Waals surface area (Å²) in [5.74, 6) is 0.270. The highest BCUT2D eigenvalue weighted by molar-refractivity contribution is 7.98. The molecule has 3 N–H and O–H groups in total. The van der Waals surface area contributed by atoms with E-state index in [1.807, 2.05) is 12.3 Å². The molecule has 0 saturated carbocycles. The molecular weight excluding hydrogens is 158 g/mol. The van der Waals surface area contributed by atoms with Gasteiger partial charge < -0.3 is 10.8 Å². The Labute approximate surface area is 70.4 Å². The number of aromatic hydroxyl groups is 1. The van der Waals surface area contributed by atoms with E-state index >= 15 is 0 Å². The van der Waals surface area contributed by atoms with Crippen molar-refractivity contribution in [1.82, 2.24) is 0 Å². The summed E-state index contributed by atoms with van der Waals surface area (Å²) < 4.78 is 0. The summed E-state index contributed by atoms with van der Waals surface area (Å²) in [5.41, 5.74) is 6.67. The van der Waals surface area contributed by atoms with E-state index in [0.29, 0.717) is 0 Å². The molecule has 0 aromatic heterocycles. The standard InChI is InChI=1S/C8H11NOS/c1-11-8(9)6-3-2-4-7(10)5-6/h2-5,8,10H,9H2,1H3. The van der Waals surface area contributed by atoms with Crippen LogP contribution in [-0.2, 0) is 0 Å². The van der Waals surface area contributed by atoms with Crippen molar-refractivity contribution in [3.05, 3.63) is 29.8 Å². The molecule has 1 rings (SSSR count). The van der Waals surface area contributed by atoms with Crippen molar-refractivity contribution in [2.24, 2.45) is 5.73 Å². The molecule has 0 aliphatic heterocycles. The van der Waals surface area contributed by atoms with Crippen LogP contribution in [0.15, 0.2) is 24.3 Å². The monoisotopic (exact) mass is 169 g/mol. The third-order valence-corrected chi connectivity index (χ3v) is 2.23. The number of thioether (sulfide) groups is 1. The highest BCUT2D eigenvalue weighted by atomic mass is 32.2. The summed E-state index contributed by atoms with van der Waals surface area (Å²) in [6.45, 7) is 0. The number of hydrogen-bond donors (Lipinski definition) is 2. The zero-order valence-electron chi connectivity index (χ0n) is 6.32. The van der Waals surface area contributed by atoms with Crippen LogP contribution < -0.4 is 5.73 Å². The third kappa shape index (κ3) is 2.13. The maximum atomic E-state index is 9.09. The predicted molar refractivity (Wildman–Crippen MR) is 48.6 cm³/mol. The van der Waals surface area contributed by atoms with Gasteiger partial charge in [0, 0.05) is 0 Å². The topological polar surface area (TPSA) is 46.2 Å². The molecule has 0 bridgehead atoms. The van der Waals surface area contributed by atoms with Crippen LogP contribution in [0.25, 0.3) is 0 Å². The van der Waals surface area contributed by atoms with Gasteiger partial charge in [0.2, 0.25) is 0 Å². The molecule has 0 radical (unpaired) electrons. The summed E-state index contributed by atoms with van der Waals surface area (Å²) in [6.07, 6.45) is 1.94. The largest absolute Gasteiger partial charge is 0.508 e. The Morgan fingerprint density at radius 1 is 1.55 bits per heavy atom. The summed E-state index contributed by atoms with van der Waals surface area (Å²) in [7, 11) is 0. The van der Waals surface area contributed by atoms with Gasteiger partial charge in [-0.25, -0.2) is 0 Å². The van der Waals surface area contributed by atoms with Gasteiger partial charge in [-0.05, 0) is 24.0 Å². The van der Waals surface area contributed by atoms with Gasteiger partial charge in [-0.2, -0.15) is 0 Å². The number of nitrogens with two attached hydrogens (primary N) is 1. The highest BCUT2D eigenvalue weighted by Crippen LogP contribution is 2.23. The van der Waals surface area contributed by atoms with E-state index in [9.17, 15) is 0 Å². The van der Waals surface area contributed by atoms with E-state index in [0.717, 1.165) is 5.56 Å². The zero-order chi connectivity index (χ0) is 8.27. The maximum Gasteiger partial charge on any atom is 0.115 e. The highest BCUT2D eigenvalue weighted by Gasteiger charge is 2.02. The molecule has 0 spiro atoms. The molecule has 2 nitrogen and oxygen atoms in total. The van der Waals surface area contributed by atoms with E-state index in [-0.39, 0.29) is 11.1 Å². The van der Waals surface area contributed by atoms with Crippen LogP contribution >= 0.6 is 11.8 Å². The molecule has 0 amide bonds. The molecule has 0 heterocycles. The Morgan fingerprint density at radius 3 is 2.82 bits per heavy atom. The molecule has 60 valence electrons. The molecule has 0 aliphatic rings. The molecule has 0 fully saturated rings. The van der Waals surface area contributed by atoms with Gasteiger partial charge in [0.1, 0.15) is 5.75 Å². The van der Waals surface area contributed by atoms with E-state index in [1.165, 1.54) is 0 Å². The Kier molecular flexibility index (Phi) is 2.79. The van der Waals surface area contributed by atoms with Gasteiger partial charge in [-0.3, -0.25) is 0 Å². The number of rotatable bonds is 2. The molecular formula is C8H11NOS. The molecule has 1 aromatic carbocycles. The average molecular weight is 169 g/mol. The number of hydrogen-bond acceptors (Lipinski definition) is 3. The average Bonchev–Trinajstić information content (AvgIpc) is 2.03. The van der Waals surface area contributed by atoms with Crippen LogP contribution in [0.5, 0.6) is 5.75 Å². The van der Waals surface area contributed by atoms with Gasteiger partial charge in [-0.15, -0.1) is 11.8 Å². The first-order valence-corrected chi connectivity index (χ1v) is 4.60. The van der Waals surface area contributed by atoms with Gasteiger partial charge in [0.15, 0.2) is 0 Å². The van der Waals surface area contributed by atoms with E-state index in [2.05, 4.69) is 0 Å². The molecule has 1 unspecified atom stereocenters. The second-order valence-corrected chi connectivity index (χ2v) is 3.23. The minimum absolute atomic E-state index is 0.0397. The fourth-order valence-electron chi connectivity index (χ4n) is 0.838. The van der Waals surface area contributed by atoms with Crippen molar-refractivity contribution in [2.45, 2.75) is 5.37 Å². The molecule has 1 atom stereocenters. The number of phenolic OH excluding ortho intramolecular Hbond substituents is 1. The van der Waals surface area contributed by atoms with Crippen LogP contribution in [0.4, 0.5) is 0 Å². The normalized spacial score (nSPS) is 12.9. The zero-order valence-corrected chi connectivity index (χ0v) is 7.14. The van der Waals surface area contributed by atoms with Gasteiger partial charge >= 0.3 is 0 Å². The molecule has 0 aliphatic carbocycles. The summed E-state index contributed by atoms with van der Waals surface area (Å²) >= 11 is 1.55. The first kappa shape index (κ1) is 8.43. The Hall–Kier alpha value is -0.670. The van der Waals surface area contributed by atoms with Gasteiger partial charge in [0.25, 0.3) is 0 Å². The Balaban J connectivity index is 2.86. The molecule has 1 aromatic rings. The lowest BCUT2D eigenvalue weighted by atomic mass is 10.2. The number of phenols is 1. The Bertz CT molecular complexity index is 239. The minimum Gasteiger partial charge on any atom is -0.508 e. The van der Waals surface area contributed by atoms with Crippen LogP contribution in [0.1, 0.15) is 10.9 Å². The van der Waals surface area contributed by atoms with Crippen molar-refractivity contribution < 1.29 is 5.11 Å². The van der Waals surface area contributed by atoms with Crippen LogP contribution in [0.2, 0.25) is 0 Å². The second kappa shape index (κ2) is 3.64. The van der Waals surface area contributed by atoms with E-state index in [1.54, 1.807) is 30.0 Å². The molecule has 0 saturated heterocycles. The van der Waals surface area contributed by atoms with E-state index < -0.39 is 0 Å². The third-order valence-electron chi connectivity index (χ3n) is 1.45. The fourth-order valence-corrected chi connectivity index (χ4v) is 1.26. The number of benzene rings is 1. The van der Waals surface area contributed by atoms with Crippen molar-refractivity contribution >= 4 is 11.8 Å². The Morgan fingerprint density at radius 2 is 2.27 bits per heavy atom. The lowest BCUT2D eigenvalue weighted by Gasteiger charge is -2.07.